The zero-order valence-corrected chi connectivity index (χ0v) is 15.1. The largest absolute Gasteiger partial charge is 0.493 e. The van der Waals surface area contributed by atoms with Gasteiger partial charge < -0.3 is 10.1 Å². The van der Waals surface area contributed by atoms with Crippen LogP contribution in [0.2, 0.25) is 0 Å². The summed E-state index contributed by atoms with van der Waals surface area (Å²) in [5.74, 6) is -0.235. The van der Waals surface area contributed by atoms with Crippen LogP contribution in [-0.4, -0.2) is 16.0 Å². The molecule has 2 aromatic carbocycles. The van der Waals surface area contributed by atoms with E-state index in [0.29, 0.717) is 0 Å². The van der Waals surface area contributed by atoms with Gasteiger partial charge in [0.1, 0.15) is 0 Å². The van der Waals surface area contributed by atoms with E-state index >= 15 is 0 Å². The predicted molar refractivity (Wildman–Crippen MR) is 99.2 cm³/mol. The summed E-state index contributed by atoms with van der Waals surface area (Å²) in [5.41, 5.74) is 3.20. The van der Waals surface area contributed by atoms with Crippen LogP contribution in [-0.2, 0) is 4.79 Å². The van der Waals surface area contributed by atoms with Gasteiger partial charge in [-0.3, -0.25) is 4.79 Å². The summed E-state index contributed by atoms with van der Waals surface area (Å²) < 4.78 is 0.830. The average Bonchev–Trinajstić information content (AvgIpc) is 3.35. The molecule has 25 heavy (non-hydrogen) atoms. The van der Waals surface area contributed by atoms with Crippen molar-refractivity contribution in [3.8, 4) is 5.88 Å². The number of H-pyrrole nitrogens is 1. The monoisotopic (exact) mass is 397 g/mol. The first kappa shape index (κ1) is 16.0. The predicted octanol–water partition coefficient (Wildman–Crippen LogP) is 5.36. The van der Waals surface area contributed by atoms with E-state index in [4.69, 9.17) is 0 Å². The second-order valence-corrected chi connectivity index (χ2v) is 7.13. The maximum atomic E-state index is 12.3. The molecule has 126 valence electrons. The minimum Gasteiger partial charge on any atom is -0.493 e. The second-order valence-electron chi connectivity index (χ2n) is 6.34. The molecule has 3 aromatic rings. The van der Waals surface area contributed by atoms with Gasteiger partial charge >= 0.3 is 0 Å². The molecule has 1 heterocycles. The van der Waals surface area contributed by atoms with Crippen molar-refractivity contribution in [1.82, 2.24) is 4.98 Å². The van der Waals surface area contributed by atoms with Crippen LogP contribution in [0.1, 0.15) is 23.5 Å². The van der Waals surface area contributed by atoms with Gasteiger partial charge in [0.15, 0.2) is 5.69 Å². The molecule has 0 radical (unpaired) electrons. The fraction of sp³-hybridized carbons (Fsp3) is 0.211. The number of halogens is 1. The molecule has 0 saturated heterocycles. The summed E-state index contributed by atoms with van der Waals surface area (Å²) in [6.45, 7) is 1.95. The third kappa shape index (κ3) is 2.87. The summed E-state index contributed by atoms with van der Waals surface area (Å²) in [6.07, 6.45) is 0.796. The summed E-state index contributed by atoms with van der Waals surface area (Å²) in [7, 11) is 0. The maximum absolute atomic E-state index is 12.3. The van der Waals surface area contributed by atoms with Crippen LogP contribution in [0, 0.1) is 12.8 Å². The second kappa shape index (κ2) is 6.11. The molecule has 6 heteroatoms. The lowest BCUT2D eigenvalue weighted by molar-refractivity contribution is -0.119. The highest BCUT2D eigenvalue weighted by molar-refractivity contribution is 9.10. The van der Waals surface area contributed by atoms with E-state index in [0.717, 1.165) is 32.9 Å². The van der Waals surface area contributed by atoms with Gasteiger partial charge in [-0.05, 0) is 52.4 Å². The molecule has 5 nitrogen and oxygen atoms in total. The van der Waals surface area contributed by atoms with E-state index in [1.807, 2.05) is 49.4 Å². The maximum Gasteiger partial charge on any atom is 0.268 e. The molecule has 0 bridgehead atoms. The van der Waals surface area contributed by atoms with Gasteiger partial charge in [-0.15, -0.1) is 10.2 Å². The Morgan fingerprint density at radius 1 is 1.24 bits per heavy atom. The lowest BCUT2D eigenvalue weighted by atomic mass is 10.1. The van der Waals surface area contributed by atoms with E-state index < -0.39 is 0 Å². The first-order chi connectivity index (χ1) is 12.1. The number of amides is 1. The van der Waals surface area contributed by atoms with E-state index in [1.54, 1.807) is 0 Å². The number of azo groups is 1. The Labute approximate surface area is 152 Å². The normalized spacial score (nSPS) is 19.6. The number of nitrogens with zero attached hydrogens (tertiary/aromatic N) is 2. The van der Waals surface area contributed by atoms with Crippen molar-refractivity contribution in [2.75, 3.05) is 0 Å². The summed E-state index contributed by atoms with van der Waals surface area (Å²) in [4.78, 5) is 15.2. The van der Waals surface area contributed by atoms with Crippen molar-refractivity contribution in [2.24, 2.45) is 16.1 Å². The number of aromatic hydroxyl groups is 1. The number of rotatable bonds is 3. The van der Waals surface area contributed by atoms with Crippen molar-refractivity contribution in [3.63, 3.8) is 0 Å². The molecule has 2 N–H and O–H groups in total. The molecular weight excluding hydrogens is 382 g/mol. The molecule has 1 aliphatic carbocycles. The van der Waals surface area contributed by atoms with Crippen LogP contribution in [0.4, 0.5) is 5.69 Å². The lowest BCUT2D eigenvalue weighted by Crippen LogP contribution is -1.96. The highest BCUT2D eigenvalue weighted by Gasteiger charge is 2.44. The molecule has 0 unspecified atom stereocenters. The molecule has 1 aromatic heterocycles. The molecule has 1 fully saturated rings. The van der Waals surface area contributed by atoms with Crippen LogP contribution in [0.25, 0.3) is 10.9 Å². The smallest absolute Gasteiger partial charge is 0.268 e. The number of hydrogen-bond acceptors (Lipinski definition) is 3. The summed E-state index contributed by atoms with van der Waals surface area (Å²) in [6, 6.07) is 13.8. The van der Waals surface area contributed by atoms with Gasteiger partial charge in [-0.25, -0.2) is 0 Å². The number of aromatic amines is 1. The molecule has 1 saturated carbocycles. The molecule has 2 atom stereocenters. The van der Waals surface area contributed by atoms with Gasteiger partial charge in [0.2, 0.25) is 5.88 Å². The van der Waals surface area contributed by atoms with Gasteiger partial charge in [0.05, 0.1) is 5.52 Å². The Bertz CT molecular complexity index is 995. The number of benzene rings is 2. The number of aromatic nitrogens is 1. The molecule has 1 aliphatic rings. The van der Waals surface area contributed by atoms with Crippen molar-refractivity contribution in [2.45, 2.75) is 19.3 Å². The highest BCUT2D eigenvalue weighted by Crippen LogP contribution is 2.48. The average molecular weight is 398 g/mol. The van der Waals surface area contributed by atoms with Crippen LogP contribution in [0.15, 0.2) is 57.2 Å². The standard InChI is InChI=1S/C19H16BrN3O2/c1-10-7-8-14-15(16(10)20)17(19(25)21-14)22-23-18(24)13-9-12(13)11-5-3-2-4-6-11/h2-8,12-13,21,25H,9H2,1H3/t12-,13+/m0/s1. The van der Waals surface area contributed by atoms with Crippen molar-refractivity contribution in [3.05, 3.63) is 58.1 Å². The fourth-order valence-electron chi connectivity index (χ4n) is 3.13. The molecule has 1 amide bonds. The summed E-state index contributed by atoms with van der Waals surface area (Å²) in [5, 5.41) is 18.8. The van der Waals surface area contributed by atoms with Gasteiger partial charge in [0.25, 0.3) is 5.91 Å². The Kier molecular flexibility index (Phi) is 3.92. The van der Waals surface area contributed by atoms with Crippen LogP contribution < -0.4 is 0 Å². The van der Waals surface area contributed by atoms with Gasteiger partial charge in [-0.2, -0.15) is 0 Å². The lowest BCUT2D eigenvalue weighted by Gasteiger charge is -2.00. The minimum atomic E-state index is -0.244. The summed E-state index contributed by atoms with van der Waals surface area (Å²) >= 11 is 3.52. The zero-order chi connectivity index (χ0) is 17.6. The van der Waals surface area contributed by atoms with Crippen molar-refractivity contribution >= 4 is 38.4 Å². The molecule has 0 spiro atoms. The first-order valence-corrected chi connectivity index (χ1v) is 8.86. The van der Waals surface area contributed by atoms with Crippen molar-refractivity contribution < 1.29 is 9.90 Å². The quantitative estimate of drug-likeness (QED) is 0.583. The minimum absolute atomic E-state index is 0.0896. The highest BCUT2D eigenvalue weighted by atomic mass is 79.9. The van der Waals surface area contributed by atoms with E-state index in [1.165, 1.54) is 0 Å². The molecule has 0 aliphatic heterocycles. The Morgan fingerprint density at radius 2 is 2.00 bits per heavy atom. The Morgan fingerprint density at radius 3 is 2.76 bits per heavy atom. The Balaban J connectivity index is 1.59. The third-order valence-corrected chi connectivity index (χ3v) is 5.66. The molecular formula is C19H16BrN3O2. The van der Waals surface area contributed by atoms with Crippen LogP contribution >= 0.6 is 15.9 Å². The number of carbonyl (C=O) groups is 1. The number of aryl methyl sites for hydroxylation is 1. The van der Waals surface area contributed by atoms with Crippen LogP contribution in [0.3, 0.4) is 0 Å². The topological polar surface area (TPSA) is 77.8 Å². The van der Waals surface area contributed by atoms with Crippen LogP contribution in [0.5, 0.6) is 5.88 Å². The molecule has 4 rings (SSSR count). The fourth-order valence-corrected chi connectivity index (χ4v) is 3.66. The van der Waals surface area contributed by atoms with Gasteiger partial charge in [0, 0.05) is 15.8 Å². The first-order valence-electron chi connectivity index (χ1n) is 8.06. The number of nitrogens with one attached hydrogen (secondary N) is 1. The zero-order valence-electron chi connectivity index (χ0n) is 13.5. The van der Waals surface area contributed by atoms with E-state index in [2.05, 4.69) is 31.1 Å². The van der Waals surface area contributed by atoms with Gasteiger partial charge in [-0.1, -0.05) is 36.4 Å². The Hall–Kier alpha value is -2.47. The van der Waals surface area contributed by atoms with Crippen molar-refractivity contribution in [1.29, 1.82) is 0 Å². The number of fused-ring (bicyclic) bond motifs is 1. The number of hydrogen-bond donors (Lipinski definition) is 2. The van der Waals surface area contributed by atoms with E-state index in [9.17, 15) is 9.90 Å². The van der Waals surface area contributed by atoms with E-state index in [-0.39, 0.29) is 29.3 Å². The number of carbonyl (C=O) groups excluding carboxylic acids is 1. The third-order valence-electron chi connectivity index (χ3n) is 4.63. The SMILES string of the molecule is Cc1ccc2[nH]c(O)c(N=NC(=O)[C@@H]3C[C@H]3c3ccccc3)c2c1Br.